The predicted molar refractivity (Wildman–Crippen MR) is 74.0 cm³/mol. The quantitative estimate of drug-likeness (QED) is 0.917. The minimum Gasteiger partial charge on any atom is -0.495 e. The third-order valence-corrected chi connectivity index (χ3v) is 5.29. The van der Waals surface area contributed by atoms with E-state index in [1.165, 1.54) is 17.5 Å². The number of benzene rings is 1. The van der Waals surface area contributed by atoms with Crippen LogP contribution in [0.5, 0.6) is 5.75 Å². The first-order valence-electron chi connectivity index (χ1n) is 6.04. The zero-order valence-corrected chi connectivity index (χ0v) is 12.2. The van der Waals surface area contributed by atoms with Gasteiger partial charge in [-0.3, -0.25) is 0 Å². The largest absolute Gasteiger partial charge is 0.495 e. The molecule has 0 spiro atoms. The van der Waals surface area contributed by atoms with Crippen LogP contribution >= 0.6 is 11.6 Å². The lowest BCUT2D eigenvalue weighted by Crippen LogP contribution is -2.45. The van der Waals surface area contributed by atoms with Gasteiger partial charge in [-0.05, 0) is 31.0 Å². The molecule has 2 rings (SSSR count). The smallest absolute Gasteiger partial charge is 0.246 e. The van der Waals surface area contributed by atoms with E-state index in [0.717, 1.165) is 12.8 Å². The van der Waals surface area contributed by atoms with Gasteiger partial charge in [-0.25, -0.2) is 8.42 Å². The van der Waals surface area contributed by atoms with E-state index in [2.05, 4.69) is 0 Å². The van der Waals surface area contributed by atoms with Crippen molar-refractivity contribution in [3.63, 3.8) is 0 Å². The number of methoxy groups -OCH3 is 1. The summed E-state index contributed by atoms with van der Waals surface area (Å²) < 4.78 is 31.7. The van der Waals surface area contributed by atoms with E-state index in [1.807, 2.05) is 0 Å². The van der Waals surface area contributed by atoms with Gasteiger partial charge in [0, 0.05) is 24.2 Å². The molecule has 1 aliphatic rings. The summed E-state index contributed by atoms with van der Waals surface area (Å²) in [5.41, 5.74) is 5.84. The van der Waals surface area contributed by atoms with E-state index in [0.29, 0.717) is 23.9 Å². The van der Waals surface area contributed by atoms with Crippen molar-refractivity contribution < 1.29 is 13.2 Å². The monoisotopic (exact) mass is 304 g/mol. The van der Waals surface area contributed by atoms with Crippen LogP contribution in [0.1, 0.15) is 12.8 Å². The third-order valence-electron chi connectivity index (χ3n) is 3.16. The number of piperidine rings is 1. The molecule has 0 aliphatic carbocycles. The van der Waals surface area contributed by atoms with Crippen LogP contribution in [0.2, 0.25) is 5.02 Å². The molecule has 106 valence electrons. The number of nitrogens with two attached hydrogens (primary N) is 1. The summed E-state index contributed by atoms with van der Waals surface area (Å²) in [5, 5.41) is 0.362. The van der Waals surface area contributed by atoms with Crippen molar-refractivity contribution in [2.24, 2.45) is 5.73 Å². The second kappa shape index (κ2) is 5.66. The minimum absolute atomic E-state index is 0.0941. The molecule has 1 atom stereocenters. The second-order valence-electron chi connectivity index (χ2n) is 4.56. The Balaban J connectivity index is 2.41. The van der Waals surface area contributed by atoms with Crippen molar-refractivity contribution in [2.75, 3.05) is 20.2 Å². The maximum Gasteiger partial charge on any atom is 0.246 e. The van der Waals surface area contributed by atoms with Gasteiger partial charge in [-0.15, -0.1) is 0 Å². The molecule has 1 saturated heterocycles. The first-order valence-corrected chi connectivity index (χ1v) is 7.86. The van der Waals surface area contributed by atoms with E-state index in [4.69, 9.17) is 22.1 Å². The lowest BCUT2D eigenvalue weighted by molar-refractivity contribution is 0.314. The van der Waals surface area contributed by atoms with Crippen LogP contribution in [0.4, 0.5) is 0 Å². The van der Waals surface area contributed by atoms with Gasteiger partial charge in [0.2, 0.25) is 10.0 Å². The van der Waals surface area contributed by atoms with Crippen molar-refractivity contribution in [2.45, 2.75) is 23.8 Å². The molecule has 0 saturated carbocycles. The molecule has 1 fully saturated rings. The van der Waals surface area contributed by atoms with Gasteiger partial charge in [-0.1, -0.05) is 11.6 Å². The molecule has 0 amide bonds. The number of hydrogen-bond acceptors (Lipinski definition) is 4. The minimum atomic E-state index is -3.62. The summed E-state index contributed by atoms with van der Waals surface area (Å²) in [5.74, 6) is 0.295. The Bertz CT molecular complexity index is 562. The van der Waals surface area contributed by atoms with Crippen LogP contribution in [0, 0.1) is 0 Å². The SMILES string of the molecule is COc1ccc(Cl)cc1S(=O)(=O)N1CCCC(N)C1. The number of halogens is 1. The molecule has 0 aromatic heterocycles. The second-order valence-corrected chi connectivity index (χ2v) is 6.90. The number of ether oxygens (including phenoxy) is 1. The van der Waals surface area contributed by atoms with Crippen molar-refractivity contribution >= 4 is 21.6 Å². The maximum atomic E-state index is 12.6. The van der Waals surface area contributed by atoms with Gasteiger partial charge >= 0.3 is 0 Å². The summed E-state index contributed by atoms with van der Waals surface area (Å²) in [7, 11) is -2.18. The van der Waals surface area contributed by atoms with Gasteiger partial charge in [0.1, 0.15) is 10.6 Å². The molecule has 19 heavy (non-hydrogen) atoms. The fraction of sp³-hybridized carbons (Fsp3) is 0.500. The van der Waals surface area contributed by atoms with Crippen LogP contribution < -0.4 is 10.5 Å². The van der Waals surface area contributed by atoms with Gasteiger partial charge in [0.05, 0.1) is 7.11 Å². The lowest BCUT2D eigenvalue weighted by Gasteiger charge is -2.30. The number of nitrogens with zero attached hydrogens (tertiary/aromatic N) is 1. The zero-order chi connectivity index (χ0) is 14.0. The third kappa shape index (κ3) is 3.02. The number of hydrogen-bond donors (Lipinski definition) is 1. The molecule has 2 N–H and O–H groups in total. The molecule has 7 heteroatoms. The average molecular weight is 305 g/mol. The maximum absolute atomic E-state index is 12.6. The summed E-state index contributed by atoms with van der Waals surface area (Å²) in [4.78, 5) is 0.0941. The first kappa shape index (κ1) is 14.6. The molecule has 1 aromatic rings. The molecule has 1 aromatic carbocycles. The van der Waals surface area contributed by atoms with Gasteiger partial charge in [0.15, 0.2) is 0 Å². The molecule has 1 aliphatic heterocycles. The normalized spacial score (nSPS) is 21.3. The van der Waals surface area contributed by atoms with E-state index < -0.39 is 10.0 Å². The van der Waals surface area contributed by atoms with Gasteiger partial charge in [-0.2, -0.15) is 4.31 Å². The predicted octanol–water partition coefficient (Wildman–Crippen LogP) is 1.46. The van der Waals surface area contributed by atoms with Crippen LogP contribution in [-0.2, 0) is 10.0 Å². The van der Waals surface area contributed by atoms with Crippen molar-refractivity contribution in [1.82, 2.24) is 4.31 Å². The highest BCUT2D eigenvalue weighted by Gasteiger charge is 2.31. The molecule has 0 bridgehead atoms. The highest BCUT2D eigenvalue weighted by atomic mass is 35.5. The molecule has 1 unspecified atom stereocenters. The van der Waals surface area contributed by atoms with E-state index >= 15 is 0 Å². The summed E-state index contributed by atoms with van der Waals surface area (Å²) in [6.45, 7) is 0.809. The van der Waals surface area contributed by atoms with E-state index in [9.17, 15) is 8.42 Å². The van der Waals surface area contributed by atoms with Crippen LogP contribution in [-0.4, -0.2) is 39.0 Å². The standard InChI is InChI=1S/C12H17ClN2O3S/c1-18-11-5-4-9(13)7-12(11)19(16,17)15-6-2-3-10(14)8-15/h4-5,7,10H,2-3,6,8,14H2,1H3. The van der Waals surface area contributed by atoms with Gasteiger partial charge in [0.25, 0.3) is 0 Å². The van der Waals surface area contributed by atoms with Crippen molar-refractivity contribution in [3.8, 4) is 5.75 Å². The Morgan fingerprint density at radius 3 is 2.84 bits per heavy atom. The van der Waals surface area contributed by atoms with Crippen LogP contribution in [0.3, 0.4) is 0 Å². The highest BCUT2D eigenvalue weighted by molar-refractivity contribution is 7.89. The Labute approximate surface area is 118 Å². The Hall–Kier alpha value is -0.820. The molecule has 0 radical (unpaired) electrons. The highest BCUT2D eigenvalue weighted by Crippen LogP contribution is 2.30. The first-order chi connectivity index (χ1) is 8.95. The lowest BCUT2D eigenvalue weighted by atomic mass is 10.1. The summed E-state index contributed by atoms with van der Waals surface area (Å²) >= 11 is 5.88. The Morgan fingerprint density at radius 1 is 1.47 bits per heavy atom. The topological polar surface area (TPSA) is 72.6 Å². The zero-order valence-electron chi connectivity index (χ0n) is 10.7. The summed E-state index contributed by atoms with van der Waals surface area (Å²) in [6, 6.07) is 4.45. The number of sulfonamides is 1. The molecular formula is C12H17ClN2O3S. The molecule has 5 nitrogen and oxygen atoms in total. The van der Waals surface area contributed by atoms with Crippen LogP contribution in [0.25, 0.3) is 0 Å². The van der Waals surface area contributed by atoms with E-state index in [-0.39, 0.29) is 10.9 Å². The molecule has 1 heterocycles. The van der Waals surface area contributed by atoms with Crippen molar-refractivity contribution in [1.29, 1.82) is 0 Å². The van der Waals surface area contributed by atoms with Crippen LogP contribution in [0.15, 0.2) is 23.1 Å². The summed E-state index contributed by atoms with van der Waals surface area (Å²) in [6.07, 6.45) is 1.61. The number of rotatable bonds is 3. The Kier molecular flexibility index (Phi) is 4.35. The van der Waals surface area contributed by atoms with Gasteiger partial charge < -0.3 is 10.5 Å². The fourth-order valence-corrected chi connectivity index (χ4v) is 4.14. The van der Waals surface area contributed by atoms with E-state index in [1.54, 1.807) is 12.1 Å². The Morgan fingerprint density at radius 2 is 2.21 bits per heavy atom. The fourth-order valence-electron chi connectivity index (χ4n) is 2.18. The van der Waals surface area contributed by atoms with Crippen molar-refractivity contribution in [3.05, 3.63) is 23.2 Å². The average Bonchev–Trinajstić information content (AvgIpc) is 2.38. The molecular weight excluding hydrogens is 288 g/mol.